The van der Waals surface area contributed by atoms with Gasteiger partial charge in [0.2, 0.25) is 10.0 Å². The first-order chi connectivity index (χ1) is 9.75. The first-order valence-electron chi connectivity index (χ1n) is 5.68. The number of primary sulfonamides is 1. The molecule has 0 saturated heterocycles. The van der Waals surface area contributed by atoms with E-state index in [0.29, 0.717) is 4.88 Å². The van der Waals surface area contributed by atoms with Crippen molar-refractivity contribution in [2.75, 3.05) is 0 Å². The fourth-order valence-electron chi connectivity index (χ4n) is 1.60. The minimum absolute atomic E-state index is 0.0155. The number of aromatic hydroxyl groups is 2. The monoisotopic (exact) mass is 328 g/mol. The Morgan fingerprint density at radius 3 is 2.33 bits per heavy atom. The molecule has 0 fully saturated rings. The van der Waals surface area contributed by atoms with Crippen molar-refractivity contribution in [3.63, 3.8) is 0 Å². The van der Waals surface area contributed by atoms with Crippen molar-refractivity contribution in [2.24, 2.45) is 5.14 Å². The number of rotatable bonds is 4. The van der Waals surface area contributed by atoms with E-state index in [4.69, 9.17) is 5.14 Å². The van der Waals surface area contributed by atoms with Crippen LogP contribution in [0.1, 0.15) is 15.2 Å². The maximum Gasteiger partial charge on any atom is 0.251 e. The molecule has 5 N–H and O–H groups in total. The third-order valence-electron chi connectivity index (χ3n) is 2.51. The molecule has 0 bridgehead atoms. The molecular formula is C12H12N2O5S2. The first-order valence-corrected chi connectivity index (χ1v) is 8.05. The first kappa shape index (κ1) is 15.3. The number of benzene rings is 1. The van der Waals surface area contributed by atoms with Gasteiger partial charge in [-0.05, 0) is 24.3 Å². The van der Waals surface area contributed by atoms with Crippen LogP contribution in [-0.4, -0.2) is 24.5 Å². The quantitative estimate of drug-likeness (QED) is 0.657. The van der Waals surface area contributed by atoms with Gasteiger partial charge in [0.25, 0.3) is 5.91 Å². The summed E-state index contributed by atoms with van der Waals surface area (Å²) in [4.78, 5) is 12.5. The Morgan fingerprint density at radius 2 is 1.81 bits per heavy atom. The molecule has 0 aliphatic heterocycles. The van der Waals surface area contributed by atoms with Crippen molar-refractivity contribution < 1.29 is 23.4 Å². The summed E-state index contributed by atoms with van der Waals surface area (Å²) in [5.74, 6) is -0.965. The highest BCUT2D eigenvalue weighted by Crippen LogP contribution is 2.22. The van der Waals surface area contributed by atoms with Gasteiger partial charge in [-0.15, -0.1) is 11.3 Å². The molecule has 1 aromatic heterocycles. The summed E-state index contributed by atoms with van der Waals surface area (Å²) in [6, 6.07) is 6.43. The molecule has 0 atom stereocenters. The van der Waals surface area contributed by atoms with Crippen LogP contribution in [0.2, 0.25) is 0 Å². The van der Waals surface area contributed by atoms with Gasteiger partial charge in [0.15, 0.2) is 0 Å². The second kappa shape index (κ2) is 5.72. The molecule has 21 heavy (non-hydrogen) atoms. The number of sulfonamides is 1. The molecule has 1 heterocycles. The summed E-state index contributed by atoms with van der Waals surface area (Å²) in [6.07, 6.45) is 0. The number of hydrogen-bond donors (Lipinski definition) is 4. The number of nitrogens with one attached hydrogen (secondary N) is 1. The van der Waals surface area contributed by atoms with Gasteiger partial charge in [0, 0.05) is 16.5 Å². The van der Waals surface area contributed by atoms with Crippen LogP contribution in [0.25, 0.3) is 0 Å². The van der Waals surface area contributed by atoms with E-state index in [2.05, 4.69) is 5.32 Å². The molecule has 1 amide bonds. The van der Waals surface area contributed by atoms with Crippen LogP contribution in [0.3, 0.4) is 0 Å². The van der Waals surface area contributed by atoms with E-state index in [9.17, 15) is 23.4 Å². The molecule has 1 aromatic carbocycles. The summed E-state index contributed by atoms with van der Waals surface area (Å²) >= 11 is 0.957. The van der Waals surface area contributed by atoms with Crippen LogP contribution >= 0.6 is 11.3 Å². The van der Waals surface area contributed by atoms with Crippen LogP contribution in [0, 0.1) is 0 Å². The molecule has 0 unspecified atom stereocenters. The van der Waals surface area contributed by atoms with Gasteiger partial charge < -0.3 is 15.5 Å². The lowest BCUT2D eigenvalue weighted by Crippen LogP contribution is -2.22. The van der Waals surface area contributed by atoms with Crippen molar-refractivity contribution in [2.45, 2.75) is 10.8 Å². The van der Waals surface area contributed by atoms with Gasteiger partial charge in [0.05, 0.1) is 6.54 Å². The van der Waals surface area contributed by atoms with Crippen molar-refractivity contribution in [3.8, 4) is 11.5 Å². The number of hydrogen-bond acceptors (Lipinski definition) is 6. The summed E-state index contributed by atoms with van der Waals surface area (Å²) < 4.78 is 22.3. The number of amides is 1. The van der Waals surface area contributed by atoms with E-state index in [1.807, 2.05) is 0 Å². The van der Waals surface area contributed by atoms with Gasteiger partial charge in [-0.3, -0.25) is 4.79 Å². The molecule has 0 spiro atoms. The predicted molar refractivity (Wildman–Crippen MR) is 76.6 cm³/mol. The zero-order valence-corrected chi connectivity index (χ0v) is 12.2. The Balaban J connectivity index is 2.06. The van der Waals surface area contributed by atoms with Crippen molar-refractivity contribution in [1.82, 2.24) is 5.32 Å². The number of carbonyl (C=O) groups is 1. The number of carbonyl (C=O) groups excluding carboxylic acids is 1. The molecule has 2 aromatic rings. The highest BCUT2D eigenvalue weighted by Gasteiger charge is 2.13. The highest BCUT2D eigenvalue weighted by molar-refractivity contribution is 7.91. The van der Waals surface area contributed by atoms with Crippen LogP contribution < -0.4 is 10.5 Å². The largest absolute Gasteiger partial charge is 0.508 e. The molecule has 7 nitrogen and oxygen atoms in total. The minimum atomic E-state index is -3.74. The zero-order valence-electron chi connectivity index (χ0n) is 10.6. The van der Waals surface area contributed by atoms with Crippen molar-refractivity contribution in [3.05, 3.63) is 40.8 Å². The second-order valence-electron chi connectivity index (χ2n) is 4.19. The SMILES string of the molecule is NS(=O)(=O)c1ccc(CNC(=O)c2cc(O)cc(O)c2)s1. The molecule has 0 radical (unpaired) electrons. The fourth-order valence-corrected chi connectivity index (χ4v) is 3.32. The molecular weight excluding hydrogens is 316 g/mol. The normalized spacial score (nSPS) is 11.3. The van der Waals surface area contributed by atoms with Crippen LogP contribution in [-0.2, 0) is 16.6 Å². The summed E-state index contributed by atoms with van der Waals surface area (Å²) in [5, 5.41) is 26.1. The Kier molecular flexibility index (Phi) is 4.16. The number of thiophene rings is 1. The highest BCUT2D eigenvalue weighted by atomic mass is 32.2. The van der Waals surface area contributed by atoms with E-state index in [-0.39, 0.29) is 27.8 Å². The Bertz CT molecular complexity index is 762. The second-order valence-corrected chi connectivity index (χ2v) is 7.14. The minimum Gasteiger partial charge on any atom is -0.508 e. The lowest BCUT2D eigenvalue weighted by Gasteiger charge is -2.05. The standard InChI is InChI=1S/C12H12N2O5S2/c13-21(18,19)11-2-1-10(20-11)6-14-12(17)7-3-8(15)5-9(16)4-7/h1-5,15-16H,6H2,(H,14,17)(H2,13,18,19). The molecule has 0 aliphatic carbocycles. The third kappa shape index (κ3) is 3.94. The van der Waals surface area contributed by atoms with Gasteiger partial charge in [0.1, 0.15) is 15.7 Å². The smallest absolute Gasteiger partial charge is 0.251 e. The Morgan fingerprint density at radius 1 is 1.19 bits per heavy atom. The van der Waals surface area contributed by atoms with E-state index in [1.165, 1.54) is 18.2 Å². The van der Waals surface area contributed by atoms with E-state index >= 15 is 0 Å². The summed E-state index contributed by atoms with van der Waals surface area (Å²) in [5.41, 5.74) is 0.0933. The average molecular weight is 328 g/mol. The van der Waals surface area contributed by atoms with Gasteiger partial charge in [-0.25, -0.2) is 13.6 Å². The number of phenols is 2. The molecule has 0 saturated carbocycles. The summed E-state index contributed by atoms with van der Waals surface area (Å²) in [7, 11) is -3.74. The van der Waals surface area contributed by atoms with Gasteiger partial charge in [-0.2, -0.15) is 0 Å². The molecule has 2 rings (SSSR count). The van der Waals surface area contributed by atoms with Crippen molar-refractivity contribution >= 4 is 27.3 Å². The molecule has 9 heteroatoms. The topological polar surface area (TPSA) is 130 Å². The maximum atomic E-state index is 11.9. The number of phenolic OH excluding ortho intramolecular Hbond substituents is 2. The fraction of sp³-hybridized carbons (Fsp3) is 0.0833. The Hall–Kier alpha value is -2.10. The van der Waals surface area contributed by atoms with Gasteiger partial charge in [-0.1, -0.05) is 0 Å². The van der Waals surface area contributed by atoms with E-state index in [0.717, 1.165) is 17.4 Å². The van der Waals surface area contributed by atoms with Crippen LogP contribution in [0.15, 0.2) is 34.5 Å². The third-order valence-corrected chi connectivity index (χ3v) is 5.03. The maximum absolute atomic E-state index is 11.9. The lowest BCUT2D eigenvalue weighted by molar-refractivity contribution is 0.0950. The lowest BCUT2D eigenvalue weighted by atomic mass is 10.2. The molecule has 0 aliphatic rings. The van der Waals surface area contributed by atoms with Crippen LogP contribution in [0.4, 0.5) is 0 Å². The predicted octanol–water partition coefficient (Wildman–Crippen LogP) is 0.737. The number of nitrogens with two attached hydrogens (primary N) is 1. The average Bonchev–Trinajstić information content (AvgIpc) is 2.83. The van der Waals surface area contributed by atoms with Crippen molar-refractivity contribution in [1.29, 1.82) is 0 Å². The van der Waals surface area contributed by atoms with Gasteiger partial charge >= 0.3 is 0 Å². The Labute approximate surface area is 124 Å². The van der Waals surface area contributed by atoms with Crippen LogP contribution in [0.5, 0.6) is 11.5 Å². The summed E-state index contributed by atoms with van der Waals surface area (Å²) in [6.45, 7) is 0.107. The zero-order chi connectivity index (χ0) is 15.6. The van der Waals surface area contributed by atoms with E-state index < -0.39 is 15.9 Å². The molecule has 112 valence electrons. The van der Waals surface area contributed by atoms with E-state index in [1.54, 1.807) is 6.07 Å².